The molecule has 0 saturated carbocycles. The molecule has 0 radical (unpaired) electrons. The van der Waals surface area contributed by atoms with Crippen molar-refractivity contribution >= 4 is 34.6 Å². The number of carbonyl (C=O) groups excluding carboxylic acids is 1. The number of nitro groups is 1. The second-order valence-corrected chi connectivity index (χ2v) is 6.36. The lowest BCUT2D eigenvalue weighted by Gasteiger charge is -2.11. The van der Waals surface area contributed by atoms with Gasteiger partial charge in [0.25, 0.3) is 11.6 Å². The van der Waals surface area contributed by atoms with Crippen LogP contribution in [0, 0.1) is 16.0 Å². The van der Waals surface area contributed by atoms with Crippen LogP contribution in [0.2, 0.25) is 0 Å². The van der Waals surface area contributed by atoms with Crippen LogP contribution in [-0.4, -0.2) is 22.5 Å². The van der Waals surface area contributed by atoms with Crippen LogP contribution in [-0.2, 0) is 0 Å². The van der Waals surface area contributed by atoms with Crippen molar-refractivity contribution in [1.82, 2.24) is 5.32 Å². The number of rotatable bonds is 6. The quantitative estimate of drug-likeness (QED) is 0.455. The number of amides is 1. The Balaban J connectivity index is 1.98. The maximum absolute atomic E-state index is 12.3. The van der Waals surface area contributed by atoms with E-state index in [4.69, 9.17) is 17.0 Å². The molecule has 2 aromatic carbocycles. The Bertz CT molecular complexity index is 824. The molecule has 0 bridgehead atoms. The Hall–Kier alpha value is -3.00. The minimum Gasteiger partial charge on any atom is -0.493 e. The minimum atomic E-state index is -0.504. The lowest BCUT2D eigenvalue weighted by molar-refractivity contribution is -0.384. The molecule has 26 heavy (non-hydrogen) atoms. The van der Waals surface area contributed by atoms with Gasteiger partial charge >= 0.3 is 0 Å². The normalized spacial score (nSPS) is 10.3. The van der Waals surface area contributed by atoms with E-state index in [-0.39, 0.29) is 10.8 Å². The molecule has 2 rings (SSSR count). The fourth-order valence-corrected chi connectivity index (χ4v) is 2.24. The van der Waals surface area contributed by atoms with Gasteiger partial charge in [0, 0.05) is 23.4 Å². The second kappa shape index (κ2) is 8.91. The monoisotopic (exact) mass is 373 g/mol. The molecule has 136 valence electrons. The van der Waals surface area contributed by atoms with E-state index in [1.807, 2.05) is 13.8 Å². The predicted octanol–water partition coefficient (Wildman–Crippen LogP) is 3.76. The van der Waals surface area contributed by atoms with Crippen molar-refractivity contribution in [1.29, 1.82) is 0 Å². The number of nitrogens with one attached hydrogen (secondary N) is 2. The summed E-state index contributed by atoms with van der Waals surface area (Å²) in [7, 11) is 0. The van der Waals surface area contributed by atoms with Gasteiger partial charge in [0.15, 0.2) is 5.11 Å². The Morgan fingerprint density at radius 1 is 1.23 bits per heavy atom. The minimum absolute atomic E-state index is 0.0454. The summed E-state index contributed by atoms with van der Waals surface area (Å²) in [6.07, 6.45) is 0. The second-order valence-electron chi connectivity index (χ2n) is 5.95. The third-order valence-corrected chi connectivity index (χ3v) is 3.43. The predicted molar refractivity (Wildman–Crippen MR) is 104 cm³/mol. The molecule has 0 unspecified atom stereocenters. The third kappa shape index (κ3) is 5.82. The molecule has 0 spiro atoms. The van der Waals surface area contributed by atoms with Crippen molar-refractivity contribution in [2.75, 3.05) is 11.9 Å². The standard InChI is InChI=1S/C18H19N3O4S/c1-12(2)11-25-16-8-3-5-13(9-16)17(22)20-18(26)19-14-6-4-7-15(10-14)21(23)24/h3-10,12H,11H2,1-2H3,(H2,19,20,22,26). The lowest BCUT2D eigenvalue weighted by Crippen LogP contribution is -2.34. The fraction of sp³-hybridized carbons (Fsp3) is 0.222. The molecule has 7 nitrogen and oxygen atoms in total. The summed E-state index contributed by atoms with van der Waals surface area (Å²) in [6, 6.07) is 12.6. The maximum Gasteiger partial charge on any atom is 0.271 e. The Labute approximate surface area is 156 Å². The van der Waals surface area contributed by atoms with Gasteiger partial charge in [-0.1, -0.05) is 26.0 Å². The van der Waals surface area contributed by atoms with Crippen molar-refractivity contribution in [3.63, 3.8) is 0 Å². The van der Waals surface area contributed by atoms with Crippen LogP contribution in [0.3, 0.4) is 0 Å². The average molecular weight is 373 g/mol. The number of hydrogen-bond donors (Lipinski definition) is 2. The largest absolute Gasteiger partial charge is 0.493 e. The first kappa shape index (κ1) is 19.3. The number of nitrogens with zero attached hydrogens (tertiary/aromatic N) is 1. The van der Waals surface area contributed by atoms with Crippen LogP contribution in [0.25, 0.3) is 0 Å². The first-order chi connectivity index (χ1) is 12.3. The summed E-state index contributed by atoms with van der Waals surface area (Å²) in [4.78, 5) is 22.6. The van der Waals surface area contributed by atoms with Gasteiger partial charge in [-0.15, -0.1) is 0 Å². The van der Waals surface area contributed by atoms with Gasteiger partial charge in [0.2, 0.25) is 0 Å². The summed E-state index contributed by atoms with van der Waals surface area (Å²) in [5.74, 6) is 0.575. The van der Waals surface area contributed by atoms with Crippen molar-refractivity contribution in [3.05, 3.63) is 64.2 Å². The maximum atomic E-state index is 12.3. The fourth-order valence-electron chi connectivity index (χ4n) is 2.02. The van der Waals surface area contributed by atoms with E-state index in [9.17, 15) is 14.9 Å². The molecule has 0 heterocycles. The van der Waals surface area contributed by atoms with E-state index in [1.165, 1.54) is 18.2 Å². The number of non-ortho nitro benzene ring substituents is 1. The number of benzene rings is 2. The van der Waals surface area contributed by atoms with Crippen LogP contribution in [0.1, 0.15) is 24.2 Å². The first-order valence-corrected chi connectivity index (χ1v) is 8.35. The molecule has 0 atom stereocenters. The van der Waals surface area contributed by atoms with Crippen LogP contribution in [0.4, 0.5) is 11.4 Å². The van der Waals surface area contributed by atoms with Crippen LogP contribution in [0.15, 0.2) is 48.5 Å². The zero-order chi connectivity index (χ0) is 19.1. The number of ether oxygens (including phenoxy) is 1. The summed E-state index contributed by atoms with van der Waals surface area (Å²) >= 11 is 5.10. The summed E-state index contributed by atoms with van der Waals surface area (Å²) < 4.78 is 5.60. The molecular weight excluding hydrogens is 354 g/mol. The van der Waals surface area contributed by atoms with Gasteiger partial charge in [0.1, 0.15) is 5.75 Å². The molecule has 2 aromatic rings. The highest BCUT2D eigenvalue weighted by atomic mass is 32.1. The number of carbonyl (C=O) groups is 1. The number of thiocarbonyl (C=S) groups is 1. The van der Waals surface area contributed by atoms with Crippen LogP contribution < -0.4 is 15.4 Å². The molecule has 0 saturated heterocycles. The molecule has 0 aliphatic carbocycles. The molecule has 0 aromatic heterocycles. The van der Waals surface area contributed by atoms with E-state index in [0.29, 0.717) is 29.5 Å². The molecule has 2 N–H and O–H groups in total. The number of hydrogen-bond acceptors (Lipinski definition) is 5. The van der Waals surface area contributed by atoms with Crippen molar-refractivity contribution < 1.29 is 14.5 Å². The van der Waals surface area contributed by atoms with Crippen LogP contribution in [0.5, 0.6) is 5.75 Å². The third-order valence-electron chi connectivity index (χ3n) is 3.22. The highest BCUT2D eigenvalue weighted by Gasteiger charge is 2.11. The molecule has 1 amide bonds. The lowest BCUT2D eigenvalue weighted by atomic mass is 10.2. The van der Waals surface area contributed by atoms with E-state index in [1.54, 1.807) is 30.3 Å². The van der Waals surface area contributed by atoms with E-state index < -0.39 is 10.8 Å². The Morgan fingerprint density at radius 3 is 2.65 bits per heavy atom. The molecule has 0 aliphatic heterocycles. The highest BCUT2D eigenvalue weighted by molar-refractivity contribution is 7.80. The van der Waals surface area contributed by atoms with Gasteiger partial charge in [-0.05, 0) is 42.4 Å². The van der Waals surface area contributed by atoms with Crippen molar-refractivity contribution in [3.8, 4) is 5.75 Å². The first-order valence-electron chi connectivity index (χ1n) is 7.95. The van der Waals surface area contributed by atoms with Gasteiger partial charge in [0.05, 0.1) is 11.5 Å². The summed E-state index contributed by atoms with van der Waals surface area (Å²) in [5.41, 5.74) is 0.743. The smallest absolute Gasteiger partial charge is 0.271 e. The average Bonchev–Trinajstić information content (AvgIpc) is 2.60. The Kier molecular flexibility index (Phi) is 6.62. The summed E-state index contributed by atoms with van der Waals surface area (Å²) in [6.45, 7) is 4.63. The van der Waals surface area contributed by atoms with Crippen molar-refractivity contribution in [2.24, 2.45) is 5.92 Å². The summed E-state index contributed by atoms with van der Waals surface area (Å²) in [5, 5.41) is 16.1. The van der Waals surface area contributed by atoms with E-state index in [2.05, 4.69) is 10.6 Å². The topological polar surface area (TPSA) is 93.5 Å². The van der Waals surface area contributed by atoms with Gasteiger partial charge in [-0.2, -0.15) is 0 Å². The van der Waals surface area contributed by atoms with Crippen molar-refractivity contribution in [2.45, 2.75) is 13.8 Å². The highest BCUT2D eigenvalue weighted by Crippen LogP contribution is 2.17. The molecule has 0 aliphatic rings. The van der Waals surface area contributed by atoms with E-state index in [0.717, 1.165) is 0 Å². The Morgan fingerprint density at radius 2 is 1.96 bits per heavy atom. The number of nitro benzene ring substituents is 1. The van der Waals surface area contributed by atoms with Gasteiger partial charge in [-0.3, -0.25) is 20.2 Å². The molecule has 0 fully saturated rings. The van der Waals surface area contributed by atoms with E-state index >= 15 is 0 Å². The van der Waals surface area contributed by atoms with Crippen LogP contribution >= 0.6 is 12.2 Å². The zero-order valence-electron chi connectivity index (χ0n) is 14.4. The number of anilines is 1. The molecular formula is C18H19N3O4S. The van der Waals surface area contributed by atoms with Gasteiger partial charge < -0.3 is 10.1 Å². The van der Waals surface area contributed by atoms with Gasteiger partial charge in [-0.25, -0.2) is 0 Å². The zero-order valence-corrected chi connectivity index (χ0v) is 15.2. The SMILES string of the molecule is CC(C)COc1cccc(C(=O)NC(=S)Nc2cccc([N+](=O)[O-])c2)c1. The molecule has 8 heteroatoms.